The molecule has 4 N–H and O–H groups in total. The number of anilines is 1. The van der Waals surface area contributed by atoms with Gasteiger partial charge in [-0.1, -0.05) is 0 Å². The third-order valence-electron chi connectivity index (χ3n) is 0.451. The average molecular weight is 145 g/mol. The summed E-state index contributed by atoms with van der Waals surface area (Å²) in [5.41, 5.74) is 11.1. The molecular formula is C4H7N3OS. The molecule has 5 heteroatoms. The summed E-state index contributed by atoms with van der Waals surface area (Å²) in [5, 5.41) is 0.773. The fraction of sp³-hybridized carbons (Fsp3) is 0. The molecule has 1 aromatic rings. The molecule has 0 atom stereocenters. The zero-order valence-electron chi connectivity index (χ0n) is 4.65. The predicted octanol–water partition coefficient (Wildman–Crippen LogP) is -0.173. The molecule has 9 heavy (non-hydrogen) atoms. The van der Waals surface area contributed by atoms with Crippen molar-refractivity contribution in [2.45, 2.75) is 0 Å². The first-order valence-electron chi connectivity index (χ1n) is 2.10. The fourth-order valence-corrected chi connectivity index (χ4v) is 0.591. The molecule has 0 saturated carbocycles. The summed E-state index contributed by atoms with van der Waals surface area (Å²) >= 11 is 1.44. The Kier molecular flexibility index (Phi) is 4.43. The van der Waals surface area contributed by atoms with Gasteiger partial charge in [-0.15, -0.1) is 11.3 Å². The largest absolute Gasteiger partial charge is 0.389 e. The van der Waals surface area contributed by atoms with Crippen LogP contribution in [-0.2, 0) is 4.79 Å². The number of carbonyl (C=O) groups excluding carboxylic acids is 1. The van der Waals surface area contributed by atoms with Crippen molar-refractivity contribution >= 4 is 22.7 Å². The summed E-state index contributed by atoms with van der Waals surface area (Å²) in [4.78, 5) is 12.3. The number of hydrogen-bond donors (Lipinski definition) is 2. The third kappa shape index (κ3) is 4.76. The molecule has 0 radical (unpaired) electrons. The van der Waals surface area contributed by atoms with Gasteiger partial charge in [-0.3, -0.25) is 9.78 Å². The fourth-order valence-electron chi connectivity index (χ4n) is 0.226. The van der Waals surface area contributed by atoms with Crippen molar-refractivity contribution in [2.75, 3.05) is 5.73 Å². The van der Waals surface area contributed by atoms with Crippen LogP contribution in [0.5, 0.6) is 0 Å². The Bertz CT molecular complexity index is 151. The first-order chi connectivity index (χ1) is 4.31. The second-order valence-electron chi connectivity index (χ2n) is 1.04. The molecule has 0 spiro atoms. The number of amides is 1. The van der Waals surface area contributed by atoms with E-state index < -0.39 is 0 Å². The van der Waals surface area contributed by atoms with Gasteiger partial charge in [0.05, 0.1) is 11.7 Å². The Labute approximate surface area is 56.5 Å². The third-order valence-corrected chi connectivity index (χ3v) is 1.06. The van der Waals surface area contributed by atoms with Crippen molar-refractivity contribution in [3.8, 4) is 0 Å². The van der Waals surface area contributed by atoms with Crippen molar-refractivity contribution in [3.63, 3.8) is 0 Å². The SMILES string of the molecule is NC=O.Nc1cncs1. The Morgan fingerprint density at radius 1 is 1.78 bits per heavy atom. The minimum absolute atomic E-state index is 0.250. The van der Waals surface area contributed by atoms with Crippen LogP contribution in [-0.4, -0.2) is 11.4 Å². The van der Waals surface area contributed by atoms with E-state index in [1.54, 1.807) is 11.7 Å². The van der Waals surface area contributed by atoms with Crippen LogP contribution < -0.4 is 11.5 Å². The van der Waals surface area contributed by atoms with Gasteiger partial charge in [-0.05, 0) is 0 Å². The first-order valence-corrected chi connectivity index (χ1v) is 2.98. The maximum atomic E-state index is 8.58. The highest BCUT2D eigenvalue weighted by Crippen LogP contribution is 2.04. The number of primary amides is 1. The molecule has 1 rings (SSSR count). The molecule has 0 bridgehead atoms. The number of rotatable bonds is 0. The molecule has 0 aliphatic carbocycles. The Hall–Kier alpha value is -1.10. The number of nitrogen functional groups attached to an aromatic ring is 1. The zero-order chi connectivity index (χ0) is 7.11. The lowest BCUT2D eigenvalue weighted by atomic mass is 10.9. The molecule has 0 unspecified atom stereocenters. The van der Waals surface area contributed by atoms with E-state index in [1.165, 1.54) is 11.3 Å². The van der Waals surface area contributed by atoms with Gasteiger partial charge < -0.3 is 11.5 Å². The van der Waals surface area contributed by atoms with Crippen LogP contribution in [0.25, 0.3) is 0 Å². The lowest BCUT2D eigenvalue weighted by Crippen LogP contribution is -1.82. The summed E-state index contributed by atoms with van der Waals surface area (Å²) in [7, 11) is 0. The molecule has 1 amide bonds. The van der Waals surface area contributed by atoms with E-state index in [2.05, 4.69) is 10.7 Å². The highest BCUT2D eigenvalue weighted by atomic mass is 32.1. The van der Waals surface area contributed by atoms with Gasteiger partial charge in [-0.2, -0.15) is 0 Å². The number of nitrogens with zero attached hydrogens (tertiary/aromatic N) is 1. The van der Waals surface area contributed by atoms with Gasteiger partial charge in [0.15, 0.2) is 0 Å². The number of thiazole rings is 1. The van der Waals surface area contributed by atoms with Gasteiger partial charge in [0.2, 0.25) is 6.41 Å². The van der Waals surface area contributed by atoms with Crippen molar-refractivity contribution in [2.24, 2.45) is 5.73 Å². The van der Waals surface area contributed by atoms with Crippen molar-refractivity contribution in [1.82, 2.24) is 4.98 Å². The molecule has 50 valence electrons. The first kappa shape index (κ1) is 7.90. The Balaban J connectivity index is 0.000000187. The molecule has 0 aliphatic heterocycles. The summed E-state index contributed by atoms with van der Waals surface area (Å²) in [5.74, 6) is 0. The quantitative estimate of drug-likeness (QED) is 0.497. The second kappa shape index (κ2) is 5.04. The minimum Gasteiger partial charge on any atom is -0.389 e. The van der Waals surface area contributed by atoms with Crippen LogP contribution in [0.1, 0.15) is 0 Å². The van der Waals surface area contributed by atoms with Gasteiger partial charge >= 0.3 is 0 Å². The standard InChI is InChI=1S/C3H4N2S.CH3NO/c4-3-1-5-2-6-3;2-1-3/h1-2H,4H2;1H,(H2,2,3). The second-order valence-corrected chi connectivity index (χ2v) is 1.96. The molecule has 4 nitrogen and oxygen atoms in total. The highest BCUT2D eigenvalue weighted by Gasteiger charge is 1.76. The maximum Gasteiger partial charge on any atom is 0.204 e. The van der Waals surface area contributed by atoms with E-state index in [9.17, 15) is 0 Å². The average Bonchev–Trinajstić information content (AvgIpc) is 2.20. The number of carbonyl (C=O) groups is 1. The molecule has 0 aromatic carbocycles. The molecule has 1 aromatic heterocycles. The van der Waals surface area contributed by atoms with Crippen LogP contribution in [0.2, 0.25) is 0 Å². The predicted molar refractivity (Wildman–Crippen MR) is 36.8 cm³/mol. The zero-order valence-corrected chi connectivity index (χ0v) is 5.47. The topological polar surface area (TPSA) is 82.0 Å². The van der Waals surface area contributed by atoms with Crippen molar-refractivity contribution in [1.29, 1.82) is 0 Å². The smallest absolute Gasteiger partial charge is 0.204 e. The summed E-state index contributed by atoms with van der Waals surface area (Å²) in [6.45, 7) is 0. The number of hydrogen-bond acceptors (Lipinski definition) is 4. The van der Waals surface area contributed by atoms with E-state index in [0.717, 1.165) is 5.00 Å². The van der Waals surface area contributed by atoms with E-state index in [4.69, 9.17) is 10.5 Å². The van der Waals surface area contributed by atoms with Crippen LogP contribution in [0, 0.1) is 0 Å². The molecule has 1 heterocycles. The Morgan fingerprint density at radius 2 is 2.33 bits per heavy atom. The van der Waals surface area contributed by atoms with Gasteiger partial charge in [-0.25, -0.2) is 0 Å². The van der Waals surface area contributed by atoms with E-state index in [-0.39, 0.29) is 6.41 Å². The van der Waals surface area contributed by atoms with Crippen LogP contribution in [0.15, 0.2) is 11.7 Å². The van der Waals surface area contributed by atoms with Crippen LogP contribution in [0.3, 0.4) is 0 Å². The van der Waals surface area contributed by atoms with Crippen molar-refractivity contribution in [3.05, 3.63) is 11.7 Å². The van der Waals surface area contributed by atoms with Crippen LogP contribution >= 0.6 is 11.3 Å². The summed E-state index contributed by atoms with van der Waals surface area (Å²) in [6, 6.07) is 0. The monoisotopic (exact) mass is 145 g/mol. The minimum atomic E-state index is 0.250. The highest BCUT2D eigenvalue weighted by molar-refractivity contribution is 7.13. The normalized spacial score (nSPS) is 7.11. The Morgan fingerprint density at radius 3 is 2.44 bits per heavy atom. The summed E-state index contributed by atoms with van der Waals surface area (Å²) < 4.78 is 0. The molecule has 0 aliphatic rings. The maximum absolute atomic E-state index is 8.58. The van der Waals surface area contributed by atoms with Crippen molar-refractivity contribution < 1.29 is 4.79 Å². The van der Waals surface area contributed by atoms with E-state index in [0.29, 0.717) is 0 Å². The van der Waals surface area contributed by atoms with Gasteiger partial charge in [0, 0.05) is 0 Å². The number of nitrogens with two attached hydrogens (primary N) is 2. The van der Waals surface area contributed by atoms with Gasteiger partial charge in [0.1, 0.15) is 5.00 Å². The van der Waals surface area contributed by atoms with E-state index >= 15 is 0 Å². The molecule has 0 saturated heterocycles. The summed E-state index contributed by atoms with van der Waals surface area (Å²) in [6.07, 6.45) is 1.88. The molecule has 0 fully saturated rings. The van der Waals surface area contributed by atoms with Crippen LogP contribution in [0.4, 0.5) is 5.00 Å². The van der Waals surface area contributed by atoms with Gasteiger partial charge in [0.25, 0.3) is 0 Å². The lowest BCUT2D eigenvalue weighted by Gasteiger charge is -1.66. The lowest BCUT2D eigenvalue weighted by molar-refractivity contribution is -0.106. The number of aromatic nitrogens is 1. The molecular weight excluding hydrogens is 138 g/mol. The van der Waals surface area contributed by atoms with E-state index in [1.807, 2.05) is 0 Å².